The first-order valence-corrected chi connectivity index (χ1v) is 8.87. The monoisotopic (exact) mass is 274 g/mol. The highest BCUT2D eigenvalue weighted by molar-refractivity contribution is 6.67. The van der Waals surface area contributed by atoms with Gasteiger partial charge in [0.15, 0.2) is 5.78 Å². The second-order valence-electron chi connectivity index (χ2n) is 4.29. The molecule has 0 saturated carbocycles. The van der Waals surface area contributed by atoms with Crippen molar-refractivity contribution in [1.82, 2.24) is 0 Å². The Labute approximate surface area is 111 Å². The normalized spacial score (nSPS) is 16.0. The SMILES string of the molecule is C=CC(=O)C(C)O[Si](CCC)(CCCO)OCC. The van der Waals surface area contributed by atoms with Gasteiger partial charge in [-0.15, -0.1) is 0 Å². The molecule has 1 N–H and O–H groups in total. The van der Waals surface area contributed by atoms with Crippen LogP contribution in [-0.4, -0.2) is 38.8 Å². The maximum absolute atomic E-state index is 11.5. The molecular weight excluding hydrogens is 248 g/mol. The molecule has 106 valence electrons. The standard InChI is InChI=1S/C13H26O4Si/c1-5-10-18(16-7-3,11-8-9-14)17-12(4)13(15)6-2/h6,12,14H,2,5,7-11H2,1,3-4H3. The second-order valence-corrected chi connectivity index (χ2v) is 7.63. The van der Waals surface area contributed by atoms with E-state index >= 15 is 0 Å². The molecule has 0 aromatic rings. The van der Waals surface area contributed by atoms with Crippen molar-refractivity contribution in [3.8, 4) is 0 Å². The van der Waals surface area contributed by atoms with Crippen LogP contribution < -0.4 is 0 Å². The minimum Gasteiger partial charge on any atom is -0.396 e. The van der Waals surface area contributed by atoms with E-state index in [0.29, 0.717) is 13.0 Å². The number of aliphatic hydroxyl groups excluding tert-OH is 1. The molecule has 18 heavy (non-hydrogen) atoms. The average Bonchev–Trinajstić information content (AvgIpc) is 2.36. The zero-order chi connectivity index (χ0) is 14.0. The third kappa shape index (κ3) is 5.91. The fourth-order valence-electron chi connectivity index (χ4n) is 1.96. The van der Waals surface area contributed by atoms with Gasteiger partial charge < -0.3 is 14.0 Å². The van der Waals surface area contributed by atoms with E-state index in [-0.39, 0.29) is 12.4 Å². The summed E-state index contributed by atoms with van der Waals surface area (Å²) in [5, 5.41) is 8.98. The van der Waals surface area contributed by atoms with Crippen LogP contribution in [0.5, 0.6) is 0 Å². The van der Waals surface area contributed by atoms with E-state index in [1.165, 1.54) is 6.08 Å². The Kier molecular flexibility index (Phi) is 9.18. The van der Waals surface area contributed by atoms with Gasteiger partial charge in [-0.3, -0.25) is 4.79 Å². The van der Waals surface area contributed by atoms with E-state index in [0.717, 1.165) is 18.5 Å². The van der Waals surface area contributed by atoms with Crippen molar-refractivity contribution < 1.29 is 18.8 Å². The number of rotatable bonds is 11. The molecule has 0 fully saturated rings. The molecule has 0 aliphatic heterocycles. The van der Waals surface area contributed by atoms with Crippen molar-refractivity contribution in [1.29, 1.82) is 0 Å². The van der Waals surface area contributed by atoms with Crippen molar-refractivity contribution in [2.45, 2.75) is 51.8 Å². The average molecular weight is 274 g/mol. The predicted molar refractivity (Wildman–Crippen MR) is 74.7 cm³/mol. The van der Waals surface area contributed by atoms with Gasteiger partial charge in [0.1, 0.15) is 6.10 Å². The maximum Gasteiger partial charge on any atom is 0.338 e. The molecule has 0 rings (SSSR count). The summed E-state index contributed by atoms with van der Waals surface area (Å²) in [7, 11) is -2.39. The van der Waals surface area contributed by atoms with Gasteiger partial charge in [-0.05, 0) is 38.4 Å². The van der Waals surface area contributed by atoms with E-state index in [4.69, 9.17) is 14.0 Å². The smallest absolute Gasteiger partial charge is 0.338 e. The number of hydrogen-bond acceptors (Lipinski definition) is 4. The summed E-state index contributed by atoms with van der Waals surface area (Å²) >= 11 is 0. The van der Waals surface area contributed by atoms with Gasteiger partial charge in [0, 0.05) is 13.2 Å². The van der Waals surface area contributed by atoms with Crippen molar-refractivity contribution in [2.75, 3.05) is 13.2 Å². The summed E-state index contributed by atoms with van der Waals surface area (Å²) in [5.41, 5.74) is 0. The topological polar surface area (TPSA) is 55.8 Å². The molecular formula is C13H26O4Si. The number of carbonyl (C=O) groups is 1. The van der Waals surface area contributed by atoms with E-state index in [2.05, 4.69) is 13.5 Å². The van der Waals surface area contributed by atoms with Gasteiger partial charge in [-0.25, -0.2) is 0 Å². The minimum absolute atomic E-state index is 0.119. The third-order valence-corrected chi connectivity index (χ3v) is 6.72. The van der Waals surface area contributed by atoms with E-state index in [9.17, 15) is 4.79 Å². The van der Waals surface area contributed by atoms with Crippen LogP contribution in [0.3, 0.4) is 0 Å². The van der Waals surface area contributed by atoms with Crippen molar-refractivity contribution in [3.63, 3.8) is 0 Å². The summed E-state index contributed by atoms with van der Waals surface area (Å²) in [5.74, 6) is -0.119. The van der Waals surface area contributed by atoms with Gasteiger partial charge >= 0.3 is 8.56 Å². The van der Waals surface area contributed by atoms with Crippen LogP contribution >= 0.6 is 0 Å². The van der Waals surface area contributed by atoms with E-state index < -0.39 is 14.7 Å². The Balaban J connectivity index is 4.78. The predicted octanol–water partition coefficient (Wildman–Crippen LogP) is 2.42. The van der Waals surface area contributed by atoms with Crippen molar-refractivity contribution in [2.24, 2.45) is 0 Å². The molecule has 0 aromatic carbocycles. The first kappa shape index (κ1) is 17.5. The largest absolute Gasteiger partial charge is 0.396 e. The molecule has 0 aromatic heterocycles. The number of hydrogen-bond donors (Lipinski definition) is 1. The number of aliphatic hydroxyl groups is 1. The molecule has 0 aliphatic rings. The molecule has 0 radical (unpaired) electrons. The van der Waals surface area contributed by atoms with Crippen LogP contribution in [0.2, 0.25) is 12.1 Å². The molecule has 0 aliphatic carbocycles. The first-order chi connectivity index (χ1) is 8.55. The van der Waals surface area contributed by atoms with Crippen molar-refractivity contribution >= 4 is 14.3 Å². The molecule has 2 unspecified atom stereocenters. The zero-order valence-corrected chi connectivity index (χ0v) is 12.8. The summed E-state index contributed by atoms with van der Waals surface area (Å²) in [6.45, 7) is 9.91. The highest BCUT2D eigenvalue weighted by atomic mass is 28.4. The lowest BCUT2D eigenvalue weighted by atomic mass is 10.3. The fraction of sp³-hybridized carbons (Fsp3) is 0.769. The lowest BCUT2D eigenvalue weighted by Crippen LogP contribution is -2.46. The molecule has 0 amide bonds. The highest BCUT2D eigenvalue weighted by Gasteiger charge is 2.38. The van der Waals surface area contributed by atoms with Gasteiger partial charge in [-0.2, -0.15) is 0 Å². The molecule has 4 nitrogen and oxygen atoms in total. The summed E-state index contributed by atoms with van der Waals surface area (Å²) in [6.07, 6.45) is 2.38. The Bertz CT molecular complexity index is 249. The van der Waals surface area contributed by atoms with Gasteiger partial charge in [0.25, 0.3) is 0 Å². The van der Waals surface area contributed by atoms with Crippen LogP contribution in [-0.2, 0) is 13.6 Å². The van der Waals surface area contributed by atoms with Crippen molar-refractivity contribution in [3.05, 3.63) is 12.7 Å². The first-order valence-electron chi connectivity index (χ1n) is 6.64. The Hall–Kier alpha value is -0.493. The highest BCUT2D eigenvalue weighted by Crippen LogP contribution is 2.24. The molecule has 0 bridgehead atoms. The Morgan fingerprint density at radius 2 is 2.11 bits per heavy atom. The lowest BCUT2D eigenvalue weighted by molar-refractivity contribution is -0.121. The van der Waals surface area contributed by atoms with Crippen LogP contribution in [0.4, 0.5) is 0 Å². The van der Waals surface area contributed by atoms with Crippen LogP contribution in [0.15, 0.2) is 12.7 Å². The molecule has 0 heterocycles. The Morgan fingerprint density at radius 1 is 1.44 bits per heavy atom. The van der Waals surface area contributed by atoms with Crippen LogP contribution in [0, 0.1) is 0 Å². The minimum atomic E-state index is -2.39. The lowest BCUT2D eigenvalue weighted by Gasteiger charge is -2.32. The summed E-state index contributed by atoms with van der Waals surface area (Å²) < 4.78 is 11.8. The zero-order valence-electron chi connectivity index (χ0n) is 11.8. The fourth-order valence-corrected chi connectivity index (χ4v) is 5.55. The molecule has 0 spiro atoms. The number of carbonyl (C=O) groups excluding carboxylic acids is 1. The van der Waals surface area contributed by atoms with Crippen LogP contribution in [0.25, 0.3) is 0 Å². The summed E-state index contributed by atoms with van der Waals surface area (Å²) in [4.78, 5) is 11.5. The quantitative estimate of drug-likeness (QED) is 0.464. The summed E-state index contributed by atoms with van der Waals surface area (Å²) in [6, 6.07) is 1.57. The Morgan fingerprint density at radius 3 is 2.56 bits per heavy atom. The third-order valence-electron chi connectivity index (χ3n) is 2.75. The van der Waals surface area contributed by atoms with Gasteiger partial charge in [0.2, 0.25) is 0 Å². The number of ketones is 1. The van der Waals surface area contributed by atoms with E-state index in [1.54, 1.807) is 6.92 Å². The van der Waals surface area contributed by atoms with Gasteiger partial charge in [-0.1, -0.05) is 19.9 Å². The maximum atomic E-state index is 11.5. The van der Waals surface area contributed by atoms with Crippen LogP contribution in [0.1, 0.15) is 33.6 Å². The van der Waals surface area contributed by atoms with Gasteiger partial charge in [0.05, 0.1) is 0 Å². The molecule has 0 saturated heterocycles. The second kappa shape index (κ2) is 9.44. The molecule has 2 atom stereocenters. The molecule has 5 heteroatoms. The van der Waals surface area contributed by atoms with E-state index in [1.807, 2.05) is 6.92 Å².